The van der Waals surface area contributed by atoms with Gasteiger partial charge in [-0.15, -0.1) is 0 Å². The molecular formula is C20H18N2O4. The Morgan fingerprint density at radius 1 is 1.04 bits per heavy atom. The van der Waals surface area contributed by atoms with E-state index in [0.717, 1.165) is 16.9 Å². The van der Waals surface area contributed by atoms with Gasteiger partial charge in [0.15, 0.2) is 0 Å². The number of rotatable bonds is 6. The van der Waals surface area contributed by atoms with Crippen molar-refractivity contribution < 1.29 is 13.9 Å². The number of nitrogens with zero attached hydrogens (tertiary/aromatic N) is 2. The summed E-state index contributed by atoms with van der Waals surface area (Å²) in [7, 11) is 0. The Hall–Kier alpha value is -3.28. The van der Waals surface area contributed by atoms with Crippen molar-refractivity contribution in [2.24, 2.45) is 0 Å². The van der Waals surface area contributed by atoms with E-state index in [2.05, 4.69) is 4.98 Å². The van der Waals surface area contributed by atoms with Crippen molar-refractivity contribution in [2.45, 2.75) is 13.5 Å². The van der Waals surface area contributed by atoms with Gasteiger partial charge in [0.1, 0.15) is 29.2 Å². The van der Waals surface area contributed by atoms with Crippen molar-refractivity contribution in [1.82, 2.24) is 9.55 Å². The van der Waals surface area contributed by atoms with Crippen LogP contribution in [0.15, 0.2) is 64.1 Å². The third-order valence-electron chi connectivity index (χ3n) is 4.09. The Labute approximate surface area is 149 Å². The lowest BCUT2D eigenvalue weighted by molar-refractivity contribution is 0.294. The van der Waals surface area contributed by atoms with Crippen molar-refractivity contribution in [2.75, 3.05) is 13.2 Å². The lowest BCUT2D eigenvalue weighted by Gasteiger charge is -2.09. The standard InChI is InChI=1S/C20H18N2O4/c1-2-24-14-7-9-15(10-8-14)25-12-11-22-13-21-18-16-5-3-4-6-17(16)26-19(18)20(22)23/h3-10,13H,2,11-12H2,1H3. The predicted octanol–water partition coefficient (Wildman–Crippen LogP) is 3.62. The summed E-state index contributed by atoms with van der Waals surface area (Å²) in [5.74, 6) is 1.52. The highest BCUT2D eigenvalue weighted by molar-refractivity contribution is 6.01. The van der Waals surface area contributed by atoms with Gasteiger partial charge in [0.2, 0.25) is 5.58 Å². The molecule has 132 valence electrons. The fraction of sp³-hybridized carbons (Fsp3) is 0.200. The molecule has 0 saturated heterocycles. The monoisotopic (exact) mass is 350 g/mol. The first-order valence-electron chi connectivity index (χ1n) is 8.48. The van der Waals surface area contributed by atoms with Gasteiger partial charge in [-0.25, -0.2) is 4.98 Å². The molecule has 0 unspecified atom stereocenters. The summed E-state index contributed by atoms with van der Waals surface area (Å²) in [6.45, 7) is 3.29. The highest BCUT2D eigenvalue weighted by atomic mass is 16.5. The minimum absolute atomic E-state index is 0.207. The third-order valence-corrected chi connectivity index (χ3v) is 4.09. The zero-order chi connectivity index (χ0) is 17.9. The summed E-state index contributed by atoms with van der Waals surface area (Å²) in [6, 6.07) is 14.9. The molecule has 0 spiro atoms. The number of fused-ring (bicyclic) bond motifs is 3. The molecule has 0 bridgehead atoms. The molecule has 26 heavy (non-hydrogen) atoms. The van der Waals surface area contributed by atoms with Crippen LogP contribution in [0.5, 0.6) is 11.5 Å². The molecule has 2 aromatic carbocycles. The Morgan fingerprint density at radius 2 is 1.77 bits per heavy atom. The van der Waals surface area contributed by atoms with Crippen LogP contribution in [-0.4, -0.2) is 22.8 Å². The van der Waals surface area contributed by atoms with Gasteiger partial charge in [0.25, 0.3) is 5.56 Å². The van der Waals surface area contributed by atoms with Crippen LogP contribution in [0.25, 0.3) is 22.1 Å². The number of para-hydroxylation sites is 1. The number of hydrogen-bond acceptors (Lipinski definition) is 5. The number of aromatic nitrogens is 2. The van der Waals surface area contributed by atoms with Gasteiger partial charge in [-0.3, -0.25) is 9.36 Å². The quantitative estimate of drug-likeness (QED) is 0.531. The number of hydrogen-bond donors (Lipinski definition) is 0. The van der Waals surface area contributed by atoms with Crippen LogP contribution in [0.1, 0.15) is 6.92 Å². The smallest absolute Gasteiger partial charge is 0.297 e. The summed E-state index contributed by atoms with van der Waals surface area (Å²) >= 11 is 0. The van der Waals surface area contributed by atoms with Crippen LogP contribution in [0.3, 0.4) is 0 Å². The van der Waals surface area contributed by atoms with E-state index < -0.39 is 0 Å². The van der Waals surface area contributed by atoms with Crippen LogP contribution >= 0.6 is 0 Å². The fourth-order valence-electron chi connectivity index (χ4n) is 2.84. The van der Waals surface area contributed by atoms with Crippen LogP contribution < -0.4 is 15.0 Å². The van der Waals surface area contributed by atoms with E-state index in [-0.39, 0.29) is 11.1 Å². The van der Waals surface area contributed by atoms with Gasteiger partial charge >= 0.3 is 0 Å². The normalized spacial score (nSPS) is 11.1. The largest absolute Gasteiger partial charge is 0.494 e. The number of benzene rings is 2. The molecule has 0 radical (unpaired) electrons. The SMILES string of the molecule is CCOc1ccc(OCCn2cnc3c(oc4ccccc43)c2=O)cc1. The molecule has 0 aliphatic rings. The molecule has 0 saturated carbocycles. The van der Waals surface area contributed by atoms with Crippen molar-refractivity contribution in [1.29, 1.82) is 0 Å². The van der Waals surface area contributed by atoms with E-state index in [9.17, 15) is 4.79 Å². The first-order valence-corrected chi connectivity index (χ1v) is 8.48. The molecule has 0 fully saturated rings. The van der Waals surface area contributed by atoms with Gasteiger partial charge in [-0.05, 0) is 43.3 Å². The lowest BCUT2D eigenvalue weighted by atomic mass is 10.2. The summed E-state index contributed by atoms with van der Waals surface area (Å²) in [4.78, 5) is 17.0. The van der Waals surface area contributed by atoms with E-state index in [1.165, 1.54) is 10.9 Å². The molecule has 6 nitrogen and oxygen atoms in total. The fourth-order valence-corrected chi connectivity index (χ4v) is 2.84. The van der Waals surface area contributed by atoms with E-state index in [0.29, 0.717) is 30.9 Å². The molecule has 2 aromatic heterocycles. The van der Waals surface area contributed by atoms with Crippen LogP contribution in [0, 0.1) is 0 Å². The second-order valence-corrected chi connectivity index (χ2v) is 5.77. The van der Waals surface area contributed by atoms with Gasteiger partial charge in [0, 0.05) is 5.39 Å². The Morgan fingerprint density at radius 3 is 2.54 bits per heavy atom. The lowest BCUT2D eigenvalue weighted by Crippen LogP contribution is -2.23. The maximum atomic E-state index is 12.6. The average molecular weight is 350 g/mol. The summed E-state index contributed by atoms with van der Waals surface area (Å²) in [5, 5.41) is 0.845. The van der Waals surface area contributed by atoms with Gasteiger partial charge < -0.3 is 13.9 Å². The highest BCUT2D eigenvalue weighted by Crippen LogP contribution is 2.24. The van der Waals surface area contributed by atoms with Gasteiger partial charge in [-0.1, -0.05) is 12.1 Å². The Bertz CT molecular complexity index is 1100. The van der Waals surface area contributed by atoms with E-state index in [4.69, 9.17) is 13.9 Å². The minimum Gasteiger partial charge on any atom is -0.494 e. The van der Waals surface area contributed by atoms with Gasteiger partial charge in [0.05, 0.1) is 19.5 Å². The first-order chi connectivity index (χ1) is 12.8. The highest BCUT2D eigenvalue weighted by Gasteiger charge is 2.12. The molecule has 6 heteroatoms. The second-order valence-electron chi connectivity index (χ2n) is 5.77. The average Bonchev–Trinajstić information content (AvgIpc) is 3.05. The van der Waals surface area contributed by atoms with Crippen molar-refractivity contribution in [3.05, 3.63) is 65.2 Å². The van der Waals surface area contributed by atoms with Crippen molar-refractivity contribution >= 4 is 22.1 Å². The number of furan rings is 1. The maximum absolute atomic E-state index is 12.6. The molecule has 4 aromatic rings. The number of ether oxygens (including phenoxy) is 2. The first kappa shape index (κ1) is 16.2. The van der Waals surface area contributed by atoms with Crippen LogP contribution in [-0.2, 0) is 6.54 Å². The molecule has 4 rings (SSSR count). The Kier molecular flexibility index (Phi) is 4.31. The van der Waals surface area contributed by atoms with Crippen LogP contribution in [0.4, 0.5) is 0 Å². The minimum atomic E-state index is -0.207. The van der Waals surface area contributed by atoms with Crippen LogP contribution in [0.2, 0.25) is 0 Å². The second kappa shape index (κ2) is 6.92. The zero-order valence-electron chi connectivity index (χ0n) is 14.3. The zero-order valence-corrected chi connectivity index (χ0v) is 14.3. The predicted molar refractivity (Wildman–Crippen MR) is 98.9 cm³/mol. The molecule has 2 heterocycles. The molecule has 0 aliphatic carbocycles. The van der Waals surface area contributed by atoms with E-state index in [1.807, 2.05) is 55.5 Å². The van der Waals surface area contributed by atoms with E-state index in [1.54, 1.807) is 0 Å². The Balaban J connectivity index is 1.49. The molecule has 0 atom stereocenters. The summed E-state index contributed by atoms with van der Waals surface area (Å²) in [5.41, 5.74) is 1.32. The van der Waals surface area contributed by atoms with Gasteiger partial charge in [-0.2, -0.15) is 0 Å². The van der Waals surface area contributed by atoms with Crippen molar-refractivity contribution in [3.63, 3.8) is 0 Å². The third kappa shape index (κ3) is 3.01. The molecule has 0 amide bonds. The topological polar surface area (TPSA) is 66.5 Å². The molecule has 0 aliphatic heterocycles. The molecule has 0 N–H and O–H groups in total. The van der Waals surface area contributed by atoms with Crippen molar-refractivity contribution in [3.8, 4) is 11.5 Å². The summed E-state index contributed by atoms with van der Waals surface area (Å²) in [6.07, 6.45) is 1.54. The van der Waals surface area contributed by atoms with E-state index >= 15 is 0 Å². The summed E-state index contributed by atoms with van der Waals surface area (Å²) < 4.78 is 18.3. The molecular weight excluding hydrogens is 332 g/mol. The maximum Gasteiger partial charge on any atom is 0.297 e.